The zero-order valence-corrected chi connectivity index (χ0v) is 11.2. The van der Waals surface area contributed by atoms with Gasteiger partial charge in [0.2, 0.25) is 5.83 Å². The molecule has 5 heteroatoms. The molecular weight excluding hydrogens is 239 g/mol. The summed E-state index contributed by atoms with van der Waals surface area (Å²) in [7, 11) is 0. The molecule has 0 spiro atoms. The molecule has 0 aromatic carbocycles. The molecular formula is C13H19FO4. The van der Waals surface area contributed by atoms with Crippen LogP contribution in [-0.2, 0) is 19.1 Å². The summed E-state index contributed by atoms with van der Waals surface area (Å²) >= 11 is 0. The van der Waals surface area contributed by atoms with Crippen molar-refractivity contribution in [3.63, 3.8) is 0 Å². The lowest BCUT2D eigenvalue weighted by Gasteiger charge is -2.01. The molecule has 1 fully saturated rings. The fourth-order valence-corrected chi connectivity index (χ4v) is 2.10. The Labute approximate surface area is 106 Å². The lowest BCUT2D eigenvalue weighted by atomic mass is 10.1. The van der Waals surface area contributed by atoms with Crippen LogP contribution in [0, 0.1) is 17.3 Å². The summed E-state index contributed by atoms with van der Waals surface area (Å²) in [6.07, 6.45) is 1.17. The third-order valence-corrected chi connectivity index (χ3v) is 3.25. The van der Waals surface area contributed by atoms with Gasteiger partial charge in [0, 0.05) is 0 Å². The second-order valence-corrected chi connectivity index (χ2v) is 4.81. The van der Waals surface area contributed by atoms with Crippen molar-refractivity contribution in [3.8, 4) is 0 Å². The summed E-state index contributed by atoms with van der Waals surface area (Å²) in [5.74, 6) is -2.98. The van der Waals surface area contributed by atoms with Crippen LogP contribution in [0.5, 0.6) is 0 Å². The second kappa shape index (κ2) is 5.50. The summed E-state index contributed by atoms with van der Waals surface area (Å²) < 4.78 is 22.9. The molecule has 0 aliphatic heterocycles. The van der Waals surface area contributed by atoms with E-state index in [1.807, 2.05) is 13.8 Å². The average Bonchev–Trinajstić information content (AvgIpc) is 2.81. The van der Waals surface area contributed by atoms with Crippen molar-refractivity contribution in [3.05, 3.63) is 11.9 Å². The fourth-order valence-electron chi connectivity index (χ4n) is 2.10. The number of halogens is 1. The summed E-state index contributed by atoms with van der Waals surface area (Å²) in [6, 6.07) is 0. The van der Waals surface area contributed by atoms with Crippen LogP contribution in [0.4, 0.5) is 4.39 Å². The van der Waals surface area contributed by atoms with Gasteiger partial charge in [-0.2, -0.15) is 4.39 Å². The molecule has 0 saturated heterocycles. The SMILES string of the molecule is CCOC(=O)C(F)=CC1C(C(=O)OCC)C1(C)C. The zero-order chi connectivity index (χ0) is 13.9. The standard InChI is InChI=1S/C13H19FO4/c1-5-17-11(15)9(14)7-8-10(13(8,3)4)12(16)18-6-2/h7-8,10H,5-6H2,1-4H3. The first-order chi connectivity index (χ1) is 8.36. The van der Waals surface area contributed by atoms with Crippen LogP contribution in [0.3, 0.4) is 0 Å². The van der Waals surface area contributed by atoms with Crippen LogP contribution < -0.4 is 0 Å². The first-order valence-corrected chi connectivity index (χ1v) is 6.07. The van der Waals surface area contributed by atoms with E-state index in [1.165, 1.54) is 6.08 Å². The molecule has 102 valence electrons. The molecule has 18 heavy (non-hydrogen) atoms. The highest BCUT2D eigenvalue weighted by molar-refractivity contribution is 5.86. The molecule has 2 atom stereocenters. The maximum absolute atomic E-state index is 13.5. The first kappa shape index (κ1) is 14.7. The minimum Gasteiger partial charge on any atom is -0.466 e. The molecule has 0 aromatic rings. The summed E-state index contributed by atoms with van der Waals surface area (Å²) in [5.41, 5.74) is -0.379. The van der Waals surface area contributed by atoms with Gasteiger partial charge in [-0.1, -0.05) is 13.8 Å². The Bertz CT molecular complexity index is 373. The summed E-state index contributed by atoms with van der Waals surface area (Å²) in [4.78, 5) is 22.8. The van der Waals surface area contributed by atoms with E-state index in [1.54, 1.807) is 13.8 Å². The monoisotopic (exact) mass is 258 g/mol. The highest BCUT2D eigenvalue weighted by Crippen LogP contribution is 2.59. The number of carbonyl (C=O) groups is 2. The minimum absolute atomic E-state index is 0.120. The van der Waals surface area contributed by atoms with Gasteiger partial charge < -0.3 is 9.47 Å². The first-order valence-electron chi connectivity index (χ1n) is 6.07. The highest BCUT2D eigenvalue weighted by atomic mass is 19.1. The maximum atomic E-state index is 13.5. The molecule has 0 heterocycles. The highest BCUT2D eigenvalue weighted by Gasteiger charge is 2.61. The van der Waals surface area contributed by atoms with Gasteiger partial charge in [0.05, 0.1) is 19.1 Å². The lowest BCUT2D eigenvalue weighted by Crippen LogP contribution is -2.10. The number of hydrogen-bond donors (Lipinski definition) is 0. The van der Waals surface area contributed by atoms with Crippen LogP contribution in [0.2, 0.25) is 0 Å². The van der Waals surface area contributed by atoms with Crippen molar-refractivity contribution < 1.29 is 23.5 Å². The summed E-state index contributed by atoms with van der Waals surface area (Å²) in [5, 5.41) is 0. The fraction of sp³-hybridized carbons (Fsp3) is 0.692. The van der Waals surface area contributed by atoms with Gasteiger partial charge in [-0.25, -0.2) is 4.79 Å². The van der Waals surface area contributed by atoms with Gasteiger partial charge in [-0.3, -0.25) is 4.79 Å². The van der Waals surface area contributed by atoms with Crippen LogP contribution in [0.15, 0.2) is 11.9 Å². The molecule has 0 N–H and O–H groups in total. The van der Waals surface area contributed by atoms with Gasteiger partial charge in [0.1, 0.15) is 0 Å². The van der Waals surface area contributed by atoms with E-state index in [0.717, 1.165) is 0 Å². The third kappa shape index (κ3) is 2.89. The predicted octanol–water partition coefficient (Wildman–Crippen LogP) is 2.24. The van der Waals surface area contributed by atoms with E-state index in [0.29, 0.717) is 6.61 Å². The van der Waals surface area contributed by atoms with Crippen molar-refractivity contribution in [1.29, 1.82) is 0 Å². The minimum atomic E-state index is -0.984. The van der Waals surface area contributed by atoms with Crippen molar-refractivity contribution in [2.75, 3.05) is 13.2 Å². The number of ether oxygens (including phenoxy) is 2. The van der Waals surface area contributed by atoms with Crippen LogP contribution in [-0.4, -0.2) is 25.2 Å². The van der Waals surface area contributed by atoms with E-state index in [9.17, 15) is 14.0 Å². The Kier molecular flexibility index (Phi) is 4.48. The van der Waals surface area contributed by atoms with Gasteiger partial charge in [-0.05, 0) is 31.3 Å². The number of carbonyl (C=O) groups excluding carboxylic acids is 2. The van der Waals surface area contributed by atoms with Crippen LogP contribution >= 0.6 is 0 Å². The van der Waals surface area contributed by atoms with Gasteiger partial charge in [0.25, 0.3) is 0 Å². The number of rotatable bonds is 5. The molecule has 4 nitrogen and oxygen atoms in total. The normalized spacial score (nSPS) is 25.5. The molecule has 1 aliphatic carbocycles. The smallest absolute Gasteiger partial charge is 0.366 e. The third-order valence-electron chi connectivity index (χ3n) is 3.25. The molecule has 0 bridgehead atoms. The topological polar surface area (TPSA) is 52.6 Å². The van der Waals surface area contributed by atoms with E-state index in [4.69, 9.17) is 4.74 Å². The Hall–Kier alpha value is -1.39. The Morgan fingerprint density at radius 2 is 1.78 bits per heavy atom. The Morgan fingerprint density at radius 1 is 1.22 bits per heavy atom. The number of hydrogen-bond acceptors (Lipinski definition) is 4. The molecule has 1 rings (SSSR count). The molecule has 1 aliphatic rings. The van der Waals surface area contributed by atoms with Gasteiger partial charge in [-0.15, -0.1) is 0 Å². The molecule has 0 amide bonds. The van der Waals surface area contributed by atoms with Crippen molar-refractivity contribution in [2.24, 2.45) is 17.3 Å². The molecule has 1 saturated carbocycles. The van der Waals surface area contributed by atoms with Crippen LogP contribution in [0.1, 0.15) is 27.7 Å². The molecule has 0 aromatic heterocycles. The predicted molar refractivity (Wildman–Crippen MR) is 63.2 cm³/mol. The molecule has 0 radical (unpaired) electrons. The summed E-state index contributed by atoms with van der Waals surface area (Å²) in [6.45, 7) is 7.42. The van der Waals surface area contributed by atoms with Gasteiger partial charge in [0.15, 0.2) is 0 Å². The van der Waals surface area contributed by atoms with Crippen molar-refractivity contribution >= 4 is 11.9 Å². The van der Waals surface area contributed by atoms with E-state index < -0.39 is 17.7 Å². The van der Waals surface area contributed by atoms with Crippen molar-refractivity contribution in [2.45, 2.75) is 27.7 Å². The maximum Gasteiger partial charge on any atom is 0.366 e. The molecule has 2 unspecified atom stereocenters. The number of allylic oxidation sites excluding steroid dienone is 1. The van der Waals surface area contributed by atoms with E-state index in [-0.39, 0.29) is 23.9 Å². The quantitative estimate of drug-likeness (QED) is 0.560. The Balaban J connectivity index is 2.71. The van der Waals surface area contributed by atoms with Gasteiger partial charge >= 0.3 is 11.9 Å². The van der Waals surface area contributed by atoms with E-state index >= 15 is 0 Å². The number of esters is 2. The zero-order valence-electron chi connectivity index (χ0n) is 11.2. The largest absolute Gasteiger partial charge is 0.466 e. The van der Waals surface area contributed by atoms with Crippen molar-refractivity contribution in [1.82, 2.24) is 0 Å². The lowest BCUT2D eigenvalue weighted by molar-refractivity contribution is -0.145. The van der Waals surface area contributed by atoms with Crippen LogP contribution in [0.25, 0.3) is 0 Å². The van der Waals surface area contributed by atoms with E-state index in [2.05, 4.69) is 4.74 Å². The average molecular weight is 258 g/mol. The Morgan fingerprint density at radius 3 is 2.28 bits per heavy atom. The second-order valence-electron chi connectivity index (χ2n) is 4.81.